The number of aromatic amines is 1. The Labute approximate surface area is 67.5 Å². The largest absolute Gasteiger partial charge is 0.309 e. The molecule has 0 aliphatic heterocycles. The molecule has 2 amide bonds. The number of amides is 2. The smallest absolute Gasteiger partial charge is 0.277 e. The number of H-pyrrole nitrogens is 1. The Balaban J connectivity index is 2.59. The van der Waals surface area contributed by atoms with Crippen LogP contribution in [0.25, 0.3) is 0 Å². The highest BCUT2D eigenvalue weighted by Gasteiger charge is 2.09. The van der Waals surface area contributed by atoms with E-state index in [9.17, 15) is 9.59 Å². The second-order valence-corrected chi connectivity index (χ2v) is 1.96. The van der Waals surface area contributed by atoms with Gasteiger partial charge >= 0.3 is 5.91 Å². The second kappa shape index (κ2) is 3.46. The maximum atomic E-state index is 10.9. The third-order valence-electron chi connectivity index (χ3n) is 1.04. The number of nitrogens with one attached hydrogen (secondary N) is 3. The third-order valence-corrected chi connectivity index (χ3v) is 1.04. The van der Waals surface area contributed by atoms with Gasteiger partial charge in [0.1, 0.15) is 5.82 Å². The summed E-state index contributed by atoms with van der Waals surface area (Å²) in [7, 11) is 0. The van der Waals surface area contributed by atoms with Crippen LogP contribution < -0.4 is 10.9 Å². The minimum atomic E-state index is -0.563. The molecule has 0 spiro atoms. The molecule has 1 heterocycles. The minimum absolute atomic E-state index is 0.0122. The molecule has 0 atom stereocenters. The highest BCUT2D eigenvalue weighted by Crippen LogP contribution is 1.88. The monoisotopic (exact) mass is 169 g/mol. The molecule has 12 heavy (non-hydrogen) atoms. The topological polar surface area (TPSA) is 99.8 Å². The number of aromatic nitrogens is 3. The Morgan fingerprint density at radius 2 is 2.42 bits per heavy atom. The van der Waals surface area contributed by atoms with Crippen molar-refractivity contribution in [3.05, 3.63) is 11.6 Å². The molecule has 3 N–H and O–H groups in total. The fraction of sp³-hybridized carbons (Fsp3) is 0.200. The molecular formula is C5H7N5O2. The van der Waals surface area contributed by atoms with Crippen LogP contribution in [0.2, 0.25) is 0 Å². The van der Waals surface area contributed by atoms with E-state index in [0.29, 0.717) is 12.2 Å². The molecule has 64 valence electrons. The predicted molar refractivity (Wildman–Crippen MR) is 37.8 cm³/mol. The number of nitrogens with zero attached hydrogens (tertiary/aromatic N) is 2. The van der Waals surface area contributed by atoms with E-state index < -0.39 is 5.91 Å². The second-order valence-electron chi connectivity index (χ2n) is 1.96. The SMILES string of the molecule is Cc1nc(C(=O)NNC=O)n[nH]1. The van der Waals surface area contributed by atoms with Gasteiger partial charge in [-0.1, -0.05) is 0 Å². The molecule has 1 aromatic heterocycles. The highest BCUT2D eigenvalue weighted by atomic mass is 16.2. The summed E-state index contributed by atoms with van der Waals surface area (Å²) in [4.78, 5) is 24.4. The number of hydrogen-bond acceptors (Lipinski definition) is 4. The van der Waals surface area contributed by atoms with Crippen molar-refractivity contribution < 1.29 is 9.59 Å². The van der Waals surface area contributed by atoms with Gasteiger partial charge in [0.25, 0.3) is 0 Å². The minimum Gasteiger partial charge on any atom is -0.277 e. The molecule has 0 aliphatic carbocycles. The first-order chi connectivity index (χ1) is 5.74. The van der Waals surface area contributed by atoms with Gasteiger partial charge < -0.3 is 0 Å². The highest BCUT2D eigenvalue weighted by molar-refractivity contribution is 5.90. The first kappa shape index (κ1) is 8.18. The average molecular weight is 169 g/mol. The third kappa shape index (κ3) is 1.78. The van der Waals surface area contributed by atoms with Gasteiger partial charge in [0.15, 0.2) is 0 Å². The zero-order chi connectivity index (χ0) is 8.97. The first-order valence-electron chi connectivity index (χ1n) is 3.12. The summed E-state index contributed by atoms with van der Waals surface area (Å²) in [6, 6.07) is 0. The van der Waals surface area contributed by atoms with Crippen molar-refractivity contribution in [3.63, 3.8) is 0 Å². The molecule has 0 aliphatic rings. The lowest BCUT2D eigenvalue weighted by atomic mass is 10.6. The van der Waals surface area contributed by atoms with Crippen molar-refractivity contribution in [2.24, 2.45) is 0 Å². The van der Waals surface area contributed by atoms with Crippen molar-refractivity contribution in [1.82, 2.24) is 26.0 Å². The number of rotatable bonds is 3. The van der Waals surface area contributed by atoms with Gasteiger partial charge in [-0.25, -0.2) is 4.98 Å². The van der Waals surface area contributed by atoms with E-state index in [0.717, 1.165) is 0 Å². The number of hydrazine groups is 1. The van der Waals surface area contributed by atoms with Crippen molar-refractivity contribution in [2.45, 2.75) is 6.92 Å². The van der Waals surface area contributed by atoms with E-state index in [2.05, 4.69) is 20.6 Å². The lowest BCUT2D eigenvalue weighted by Gasteiger charge is -1.96. The average Bonchev–Trinajstić information content (AvgIpc) is 2.47. The number of carbonyl (C=O) groups excluding carboxylic acids is 2. The van der Waals surface area contributed by atoms with Gasteiger partial charge in [0.05, 0.1) is 0 Å². The Bertz CT molecular complexity index is 294. The molecule has 0 saturated heterocycles. The van der Waals surface area contributed by atoms with E-state index in [-0.39, 0.29) is 5.82 Å². The fourth-order valence-electron chi connectivity index (χ4n) is 0.595. The van der Waals surface area contributed by atoms with Crippen LogP contribution in [0.3, 0.4) is 0 Å². The molecule has 1 rings (SSSR count). The zero-order valence-electron chi connectivity index (χ0n) is 6.29. The van der Waals surface area contributed by atoms with E-state index in [4.69, 9.17) is 0 Å². The quantitative estimate of drug-likeness (QED) is 0.379. The molecule has 0 bridgehead atoms. The predicted octanol–water partition coefficient (Wildman–Crippen LogP) is -1.50. The molecule has 0 aromatic carbocycles. The molecule has 0 fully saturated rings. The number of hydrogen-bond donors (Lipinski definition) is 3. The van der Waals surface area contributed by atoms with Gasteiger partial charge in [-0.3, -0.25) is 25.5 Å². The molecule has 0 radical (unpaired) electrons. The van der Waals surface area contributed by atoms with Gasteiger partial charge in [-0.05, 0) is 6.92 Å². The first-order valence-corrected chi connectivity index (χ1v) is 3.12. The molecule has 1 aromatic rings. The van der Waals surface area contributed by atoms with Crippen LogP contribution in [0.4, 0.5) is 0 Å². The molecular weight excluding hydrogens is 162 g/mol. The molecule has 0 saturated carbocycles. The van der Waals surface area contributed by atoms with Crippen LogP contribution in [0, 0.1) is 6.92 Å². The van der Waals surface area contributed by atoms with Crippen molar-refractivity contribution in [2.75, 3.05) is 0 Å². The normalized spacial score (nSPS) is 9.08. The van der Waals surface area contributed by atoms with Crippen LogP contribution in [-0.2, 0) is 4.79 Å². The summed E-state index contributed by atoms with van der Waals surface area (Å²) >= 11 is 0. The van der Waals surface area contributed by atoms with E-state index in [1.165, 1.54) is 0 Å². The number of carbonyl (C=O) groups is 2. The lowest BCUT2D eigenvalue weighted by Crippen LogP contribution is -2.36. The molecule has 7 nitrogen and oxygen atoms in total. The van der Waals surface area contributed by atoms with Crippen LogP contribution in [0.1, 0.15) is 16.4 Å². The Kier molecular flexibility index (Phi) is 2.36. The summed E-state index contributed by atoms with van der Waals surface area (Å²) in [5, 5.41) is 6.05. The summed E-state index contributed by atoms with van der Waals surface area (Å²) in [5.74, 6) is -0.0421. The maximum Gasteiger partial charge on any atom is 0.309 e. The standard InChI is InChI=1S/C5H7N5O2/c1-3-7-4(9-8-3)5(12)10-6-2-11/h2H,1H3,(H,6,11)(H,10,12)(H,7,8,9). The van der Waals surface area contributed by atoms with Crippen molar-refractivity contribution in [3.8, 4) is 0 Å². The Hall–Kier alpha value is -1.92. The summed E-state index contributed by atoms with van der Waals surface area (Å²) in [6.45, 7) is 1.66. The Morgan fingerprint density at radius 1 is 1.67 bits per heavy atom. The van der Waals surface area contributed by atoms with Crippen molar-refractivity contribution in [1.29, 1.82) is 0 Å². The summed E-state index contributed by atoms with van der Waals surface area (Å²) < 4.78 is 0. The fourth-order valence-corrected chi connectivity index (χ4v) is 0.595. The summed E-state index contributed by atoms with van der Waals surface area (Å²) in [5.41, 5.74) is 4.04. The molecule has 0 unspecified atom stereocenters. The zero-order valence-corrected chi connectivity index (χ0v) is 6.29. The van der Waals surface area contributed by atoms with Crippen LogP contribution >= 0.6 is 0 Å². The van der Waals surface area contributed by atoms with E-state index in [1.54, 1.807) is 6.92 Å². The van der Waals surface area contributed by atoms with E-state index >= 15 is 0 Å². The van der Waals surface area contributed by atoms with Crippen LogP contribution in [0.5, 0.6) is 0 Å². The van der Waals surface area contributed by atoms with Gasteiger partial charge in [0, 0.05) is 0 Å². The van der Waals surface area contributed by atoms with Crippen LogP contribution in [-0.4, -0.2) is 27.5 Å². The van der Waals surface area contributed by atoms with Gasteiger partial charge in [0.2, 0.25) is 12.2 Å². The van der Waals surface area contributed by atoms with Gasteiger partial charge in [-0.15, -0.1) is 5.10 Å². The van der Waals surface area contributed by atoms with Crippen molar-refractivity contribution >= 4 is 12.3 Å². The Morgan fingerprint density at radius 3 is 2.92 bits per heavy atom. The van der Waals surface area contributed by atoms with Crippen LogP contribution in [0.15, 0.2) is 0 Å². The molecule has 7 heteroatoms. The summed E-state index contributed by atoms with van der Waals surface area (Å²) in [6.07, 6.45) is 0.345. The maximum absolute atomic E-state index is 10.9. The van der Waals surface area contributed by atoms with Gasteiger partial charge in [-0.2, -0.15) is 0 Å². The van der Waals surface area contributed by atoms with E-state index in [1.807, 2.05) is 5.43 Å². The number of aryl methyl sites for hydroxylation is 1. The lowest BCUT2D eigenvalue weighted by molar-refractivity contribution is -0.110.